The maximum Gasteiger partial charge on any atom is 0.310 e. The van der Waals surface area contributed by atoms with Gasteiger partial charge in [0.15, 0.2) is 18.3 Å². The number of esters is 4. The Morgan fingerprint density at radius 1 is 0.479 bits per heavy atom. The Bertz CT molecular complexity index is 939. The molecule has 1 saturated heterocycles. The third kappa shape index (κ3) is 19.2. The summed E-state index contributed by atoms with van der Waals surface area (Å²) in [4.78, 5) is 51.6. The molecule has 17 nitrogen and oxygen atoms in total. The molecule has 1 aliphatic rings. The fourth-order valence-corrected chi connectivity index (χ4v) is 3.85. The second-order valence-electron chi connectivity index (χ2n) is 9.87. The zero-order chi connectivity index (χ0) is 35.4. The van der Waals surface area contributed by atoms with Crippen molar-refractivity contribution in [1.82, 2.24) is 0 Å². The Labute approximate surface area is 281 Å². The van der Waals surface area contributed by atoms with Crippen molar-refractivity contribution in [1.29, 1.82) is 0 Å². The molecular formula is C31H50O17. The molecule has 1 heterocycles. The van der Waals surface area contributed by atoms with E-state index < -0.39 is 54.6 Å². The first-order valence-electron chi connectivity index (χ1n) is 15.5. The topological polar surface area (TPSA) is 188 Å². The van der Waals surface area contributed by atoms with Crippen LogP contribution >= 0.6 is 0 Å². The normalized spacial score (nSPS) is 20.4. The third-order valence-electron chi connectivity index (χ3n) is 6.24. The summed E-state index contributed by atoms with van der Waals surface area (Å²) in [6.45, 7) is 2.13. The summed E-state index contributed by atoms with van der Waals surface area (Å²) in [7, 11) is 6.02. The number of hydrogen-bond acceptors (Lipinski definition) is 17. The lowest BCUT2D eigenvalue weighted by atomic mass is 9.98. The lowest BCUT2D eigenvalue weighted by Crippen LogP contribution is -2.62. The van der Waals surface area contributed by atoms with Crippen molar-refractivity contribution in [2.45, 2.75) is 56.4 Å². The number of carbonyl (C=O) groups excluding carboxylic acids is 4. The SMILES string of the molecule is C#C[C@@H]1OC(OC(=O)CCOCCOC)[C@@H](OC(=O)CCOCCOC)[C@H](OC(=O)CCOCCOC)[C@@H]1OC(=O)CCOCCOC. The molecule has 17 heteroatoms. The second kappa shape index (κ2) is 28.0. The van der Waals surface area contributed by atoms with E-state index in [1.807, 2.05) is 0 Å². The van der Waals surface area contributed by atoms with Crippen molar-refractivity contribution >= 4 is 23.9 Å². The molecule has 276 valence electrons. The molecule has 0 spiro atoms. The smallest absolute Gasteiger partial charge is 0.310 e. The van der Waals surface area contributed by atoms with Crippen LogP contribution in [-0.2, 0) is 80.8 Å². The monoisotopic (exact) mass is 694 g/mol. The zero-order valence-corrected chi connectivity index (χ0v) is 28.2. The Morgan fingerprint density at radius 3 is 1.17 bits per heavy atom. The Kier molecular flexibility index (Phi) is 25.1. The summed E-state index contributed by atoms with van der Waals surface area (Å²) in [6, 6.07) is 0. The van der Waals surface area contributed by atoms with E-state index in [-0.39, 0.29) is 78.5 Å². The molecule has 5 atom stereocenters. The highest BCUT2D eigenvalue weighted by Crippen LogP contribution is 2.30. The molecule has 0 aromatic carbocycles. The third-order valence-corrected chi connectivity index (χ3v) is 6.24. The summed E-state index contributed by atoms with van der Waals surface area (Å²) < 4.78 is 69.3. The molecule has 0 aromatic rings. The van der Waals surface area contributed by atoms with Crippen LogP contribution in [0.2, 0.25) is 0 Å². The van der Waals surface area contributed by atoms with E-state index in [0.717, 1.165) is 0 Å². The minimum Gasteiger partial charge on any atom is -0.454 e. The average molecular weight is 695 g/mol. The number of carbonyl (C=O) groups is 4. The van der Waals surface area contributed by atoms with Crippen LogP contribution in [0.25, 0.3) is 0 Å². The predicted octanol–water partition coefficient (Wildman–Crippen LogP) is -0.164. The molecule has 0 amide bonds. The van der Waals surface area contributed by atoms with Crippen molar-refractivity contribution in [2.75, 3.05) is 108 Å². The molecule has 0 N–H and O–H groups in total. The molecule has 0 aromatic heterocycles. The molecule has 48 heavy (non-hydrogen) atoms. The fourth-order valence-electron chi connectivity index (χ4n) is 3.85. The van der Waals surface area contributed by atoms with E-state index in [1.54, 1.807) is 0 Å². The Hall–Kier alpha value is -2.92. The van der Waals surface area contributed by atoms with Gasteiger partial charge in [-0.1, -0.05) is 5.92 Å². The van der Waals surface area contributed by atoms with Crippen molar-refractivity contribution in [3.63, 3.8) is 0 Å². The van der Waals surface area contributed by atoms with Crippen LogP contribution in [0.5, 0.6) is 0 Å². The quantitative estimate of drug-likeness (QED) is 0.0454. The second-order valence-corrected chi connectivity index (χ2v) is 9.87. The lowest BCUT2D eigenvalue weighted by molar-refractivity contribution is -0.288. The van der Waals surface area contributed by atoms with Gasteiger partial charge in [-0.05, 0) is 0 Å². The van der Waals surface area contributed by atoms with Gasteiger partial charge in [0.1, 0.15) is 0 Å². The predicted molar refractivity (Wildman–Crippen MR) is 162 cm³/mol. The summed E-state index contributed by atoms with van der Waals surface area (Å²) in [5.41, 5.74) is 0. The molecule has 0 radical (unpaired) electrons. The lowest BCUT2D eigenvalue weighted by Gasteiger charge is -2.42. The summed E-state index contributed by atoms with van der Waals surface area (Å²) >= 11 is 0. The van der Waals surface area contributed by atoms with Gasteiger partial charge in [-0.3, -0.25) is 19.2 Å². The van der Waals surface area contributed by atoms with Gasteiger partial charge in [-0.25, -0.2) is 0 Å². The minimum atomic E-state index is -1.65. The van der Waals surface area contributed by atoms with Crippen molar-refractivity contribution in [3.8, 4) is 12.3 Å². The van der Waals surface area contributed by atoms with E-state index >= 15 is 0 Å². The Morgan fingerprint density at radius 2 is 0.812 bits per heavy atom. The number of hydrogen-bond donors (Lipinski definition) is 0. The number of terminal acetylenes is 1. The standard InChI is InChI=1S/C31H50O17/c1-6-23-28(45-24(32)7-11-40-19-15-36-2)29(46-25(33)8-12-41-20-16-37-3)30(47-26(34)9-13-42-21-17-38-4)31(44-23)48-27(35)10-14-43-22-18-39-5/h1,23,28-31H,7-22H2,2-5H3/t23-,28+,29+,30-,31?/m0/s1. The van der Waals surface area contributed by atoms with E-state index in [4.69, 9.17) is 68.0 Å². The van der Waals surface area contributed by atoms with Gasteiger partial charge >= 0.3 is 23.9 Å². The Balaban J connectivity index is 3.24. The van der Waals surface area contributed by atoms with Crippen LogP contribution in [0.3, 0.4) is 0 Å². The molecule has 1 fully saturated rings. The fraction of sp³-hybridized carbons (Fsp3) is 0.806. The van der Waals surface area contributed by atoms with Crippen LogP contribution in [0.15, 0.2) is 0 Å². The molecule has 1 aliphatic heterocycles. The molecule has 0 bridgehead atoms. The van der Waals surface area contributed by atoms with Gasteiger partial charge in [-0.15, -0.1) is 6.42 Å². The first-order chi connectivity index (χ1) is 23.3. The first-order valence-corrected chi connectivity index (χ1v) is 15.5. The summed E-state index contributed by atoms with van der Waals surface area (Å²) in [5, 5.41) is 0. The number of methoxy groups -OCH3 is 4. The number of rotatable bonds is 28. The van der Waals surface area contributed by atoms with Gasteiger partial charge in [0.25, 0.3) is 0 Å². The van der Waals surface area contributed by atoms with E-state index in [0.29, 0.717) is 26.4 Å². The van der Waals surface area contributed by atoms with E-state index in [2.05, 4.69) is 5.92 Å². The molecule has 1 unspecified atom stereocenters. The van der Waals surface area contributed by atoms with Gasteiger partial charge < -0.3 is 61.6 Å². The highest BCUT2D eigenvalue weighted by atomic mass is 16.7. The van der Waals surface area contributed by atoms with Crippen molar-refractivity contribution in [3.05, 3.63) is 0 Å². The van der Waals surface area contributed by atoms with Crippen LogP contribution in [0, 0.1) is 12.3 Å². The maximum absolute atomic E-state index is 13.0. The van der Waals surface area contributed by atoms with Crippen LogP contribution < -0.4 is 0 Å². The molecule has 1 rings (SSSR count). The van der Waals surface area contributed by atoms with Crippen LogP contribution in [-0.4, -0.2) is 162 Å². The van der Waals surface area contributed by atoms with Crippen molar-refractivity contribution in [2.24, 2.45) is 0 Å². The van der Waals surface area contributed by atoms with Crippen LogP contribution in [0.1, 0.15) is 25.7 Å². The maximum atomic E-state index is 13.0. The zero-order valence-electron chi connectivity index (χ0n) is 28.2. The largest absolute Gasteiger partial charge is 0.454 e. The van der Waals surface area contributed by atoms with Gasteiger partial charge in [0, 0.05) is 28.4 Å². The summed E-state index contributed by atoms with van der Waals surface area (Å²) in [5.74, 6) is -0.857. The molecule has 0 aliphatic carbocycles. The van der Waals surface area contributed by atoms with E-state index in [1.165, 1.54) is 28.4 Å². The molecule has 0 saturated carbocycles. The van der Waals surface area contributed by atoms with Gasteiger partial charge in [0.05, 0.1) is 105 Å². The average Bonchev–Trinajstić information content (AvgIpc) is 3.06. The van der Waals surface area contributed by atoms with Gasteiger partial charge in [0.2, 0.25) is 12.4 Å². The highest BCUT2D eigenvalue weighted by molar-refractivity contribution is 5.72. The van der Waals surface area contributed by atoms with Crippen LogP contribution in [0.4, 0.5) is 0 Å². The summed E-state index contributed by atoms with van der Waals surface area (Å²) in [6.07, 6.45) is -2.80. The molecular weight excluding hydrogens is 644 g/mol. The van der Waals surface area contributed by atoms with Crippen molar-refractivity contribution < 1.29 is 80.8 Å². The first kappa shape index (κ1) is 43.1. The van der Waals surface area contributed by atoms with E-state index in [9.17, 15) is 19.2 Å². The number of ether oxygens (including phenoxy) is 13. The highest BCUT2D eigenvalue weighted by Gasteiger charge is 2.53. The minimum absolute atomic E-state index is 0.00602. The van der Waals surface area contributed by atoms with Gasteiger partial charge in [-0.2, -0.15) is 0 Å².